The number of hydrogen-bond acceptors (Lipinski definition) is 6. The van der Waals surface area contributed by atoms with Gasteiger partial charge in [0.15, 0.2) is 5.01 Å². The van der Waals surface area contributed by atoms with E-state index in [0.29, 0.717) is 10.6 Å². The molecule has 0 aliphatic carbocycles. The highest BCUT2D eigenvalue weighted by Crippen LogP contribution is 2.25. The summed E-state index contributed by atoms with van der Waals surface area (Å²) in [6, 6.07) is 11.1. The van der Waals surface area contributed by atoms with Gasteiger partial charge in [-0.05, 0) is 29.5 Å². The average molecular weight is 325 g/mol. The topological polar surface area (TPSA) is 96.2 Å². The number of nitro benzene ring substituents is 1. The maximum Gasteiger partial charge on any atom is 0.262 e. The molecule has 23 heavy (non-hydrogen) atoms. The fourth-order valence-corrected chi connectivity index (χ4v) is 2.89. The Kier molecular flexibility index (Phi) is 3.86. The minimum absolute atomic E-state index is 0.292. The SMILES string of the molecule is O=C(/C=C/c1ccc([O-])c([N+](=O)[O-])c1)c1nc2ccccc2s1. The Morgan fingerprint density at radius 1 is 1.22 bits per heavy atom. The monoisotopic (exact) mass is 325 g/mol. The number of hydrogen-bond donors (Lipinski definition) is 0. The van der Waals surface area contributed by atoms with Crippen LogP contribution in [0.4, 0.5) is 5.69 Å². The molecule has 1 heterocycles. The number of nitrogens with zero attached hydrogens (tertiary/aromatic N) is 2. The first-order valence-electron chi connectivity index (χ1n) is 6.58. The van der Waals surface area contributed by atoms with Gasteiger partial charge in [0, 0.05) is 6.07 Å². The number of allylic oxidation sites excluding steroid dienone is 1. The molecule has 3 rings (SSSR count). The Morgan fingerprint density at radius 2 is 2.00 bits per heavy atom. The molecule has 0 unspecified atom stereocenters. The Balaban J connectivity index is 1.86. The molecule has 1 aromatic heterocycles. The molecule has 0 bridgehead atoms. The van der Waals surface area contributed by atoms with Crippen LogP contribution in [0.3, 0.4) is 0 Å². The Bertz CT molecular complexity index is 913. The zero-order valence-corrected chi connectivity index (χ0v) is 12.4. The van der Waals surface area contributed by atoms with E-state index in [4.69, 9.17) is 0 Å². The van der Waals surface area contributed by atoms with Crippen LogP contribution < -0.4 is 5.11 Å². The third-order valence-electron chi connectivity index (χ3n) is 3.11. The summed E-state index contributed by atoms with van der Waals surface area (Å²) < 4.78 is 0.913. The van der Waals surface area contributed by atoms with Crippen LogP contribution in [-0.4, -0.2) is 15.7 Å². The van der Waals surface area contributed by atoms with Gasteiger partial charge in [0.2, 0.25) is 5.78 Å². The van der Waals surface area contributed by atoms with Gasteiger partial charge < -0.3 is 5.11 Å². The second-order valence-electron chi connectivity index (χ2n) is 4.67. The zero-order valence-electron chi connectivity index (χ0n) is 11.6. The lowest BCUT2D eigenvalue weighted by atomic mass is 10.1. The van der Waals surface area contributed by atoms with Crippen molar-refractivity contribution in [3.8, 4) is 5.75 Å². The predicted octanol–water partition coefficient (Wildman–Crippen LogP) is 3.17. The molecule has 0 aliphatic heterocycles. The number of carbonyl (C=O) groups is 1. The van der Waals surface area contributed by atoms with Crippen molar-refractivity contribution in [3.05, 3.63) is 69.2 Å². The summed E-state index contributed by atoms with van der Waals surface area (Å²) in [6.07, 6.45) is 2.72. The van der Waals surface area contributed by atoms with Crippen LogP contribution in [0.25, 0.3) is 16.3 Å². The molecule has 0 radical (unpaired) electrons. The summed E-state index contributed by atoms with van der Waals surface area (Å²) in [5.41, 5.74) is 0.644. The first-order chi connectivity index (χ1) is 11.0. The minimum atomic E-state index is -0.741. The van der Waals surface area contributed by atoms with Crippen molar-refractivity contribution >= 4 is 39.1 Å². The first kappa shape index (κ1) is 14.9. The Hall–Kier alpha value is -3.06. The molecule has 6 nitrogen and oxygen atoms in total. The van der Waals surface area contributed by atoms with E-state index in [1.807, 2.05) is 24.3 Å². The summed E-state index contributed by atoms with van der Waals surface area (Å²) >= 11 is 1.28. The second-order valence-corrected chi connectivity index (χ2v) is 5.70. The van der Waals surface area contributed by atoms with Crippen LogP contribution in [-0.2, 0) is 0 Å². The quantitative estimate of drug-likeness (QED) is 0.318. The average Bonchev–Trinajstić information content (AvgIpc) is 2.97. The van der Waals surface area contributed by atoms with E-state index in [1.54, 1.807) is 0 Å². The molecular weight excluding hydrogens is 316 g/mol. The van der Waals surface area contributed by atoms with Crippen LogP contribution in [0.5, 0.6) is 5.75 Å². The van der Waals surface area contributed by atoms with Crippen molar-refractivity contribution in [2.45, 2.75) is 0 Å². The van der Waals surface area contributed by atoms with Gasteiger partial charge in [-0.15, -0.1) is 11.3 Å². The standard InChI is InChI=1S/C16H10N2O4S/c19-13-7-5-10(9-12(13)18(21)22)6-8-14(20)16-17-11-3-1-2-4-15(11)23-16/h1-9,19H/p-1/b8-6+. The molecule has 0 saturated heterocycles. The number of fused-ring (bicyclic) bond motifs is 1. The fraction of sp³-hybridized carbons (Fsp3) is 0. The van der Waals surface area contributed by atoms with Crippen LogP contribution in [0.15, 0.2) is 48.5 Å². The number of nitro groups is 1. The number of carbonyl (C=O) groups excluding carboxylic acids is 1. The van der Waals surface area contributed by atoms with Gasteiger partial charge in [0.1, 0.15) is 0 Å². The van der Waals surface area contributed by atoms with Crippen molar-refractivity contribution in [2.75, 3.05) is 0 Å². The van der Waals surface area contributed by atoms with Gasteiger partial charge in [-0.1, -0.05) is 30.3 Å². The Morgan fingerprint density at radius 3 is 2.74 bits per heavy atom. The molecule has 2 aromatic carbocycles. The lowest BCUT2D eigenvalue weighted by molar-refractivity contribution is -0.398. The Labute approximate surface area is 134 Å². The van der Waals surface area contributed by atoms with Crippen molar-refractivity contribution < 1.29 is 14.8 Å². The van der Waals surface area contributed by atoms with Crippen molar-refractivity contribution in [1.82, 2.24) is 4.98 Å². The molecule has 0 atom stereocenters. The normalized spacial score (nSPS) is 11.1. The zero-order chi connectivity index (χ0) is 16.4. The molecular formula is C16H9N2O4S-. The smallest absolute Gasteiger partial charge is 0.262 e. The molecule has 0 aliphatic rings. The van der Waals surface area contributed by atoms with E-state index in [2.05, 4.69) is 4.98 Å². The summed E-state index contributed by atoms with van der Waals surface area (Å²) in [6.45, 7) is 0. The highest BCUT2D eigenvalue weighted by molar-refractivity contribution is 7.20. The lowest BCUT2D eigenvalue weighted by Crippen LogP contribution is -1.98. The van der Waals surface area contributed by atoms with Crippen LogP contribution in [0.1, 0.15) is 15.4 Å². The summed E-state index contributed by atoms with van der Waals surface area (Å²) in [4.78, 5) is 26.4. The largest absolute Gasteiger partial charge is 0.868 e. The van der Waals surface area contributed by atoms with Crippen molar-refractivity contribution in [1.29, 1.82) is 0 Å². The number of benzene rings is 2. The lowest BCUT2D eigenvalue weighted by Gasteiger charge is -2.05. The minimum Gasteiger partial charge on any atom is -0.868 e. The van der Waals surface area contributed by atoms with Gasteiger partial charge in [-0.3, -0.25) is 14.9 Å². The fourth-order valence-electron chi connectivity index (χ4n) is 2.00. The highest BCUT2D eigenvalue weighted by atomic mass is 32.1. The maximum atomic E-state index is 12.1. The van der Waals surface area contributed by atoms with E-state index in [-0.39, 0.29) is 5.78 Å². The second kappa shape index (κ2) is 5.98. The van der Waals surface area contributed by atoms with Gasteiger partial charge in [0.25, 0.3) is 5.69 Å². The molecule has 0 amide bonds. The van der Waals surface area contributed by atoms with Crippen molar-refractivity contribution in [2.24, 2.45) is 0 Å². The summed E-state index contributed by atoms with van der Waals surface area (Å²) in [5.74, 6) is -0.954. The maximum absolute atomic E-state index is 12.1. The summed E-state index contributed by atoms with van der Waals surface area (Å²) in [7, 11) is 0. The van der Waals surface area contributed by atoms with Crippen LogP contribution >= 0.6 is 11.3 Å². The molecule has 0 saturated carbocycles. The number of para-hydroxylation sites is 1. The van der Waals surface area contributed by atoms with E-state index in [9.17, 15) is 20.0 Å². The molecule has 0 spiro atoms. The van der Waals surface area contributed by atoms with Crippen molar-refractivity contribution in [3.63, 3.8) is 0 Å². The molecule has 3 aromatic rings. The number of rotatable bonds is 4. The van der Waals surface area contributed by atoms with Gasteiger partial charge in [-0.25, -0.2) is 4.98 Å². The third-order valence-corrected chi connectivity index (χ3v) is 4.16. The van der Waals surface area contributed by atoms with Gasteiger partial charge in [0.05, 0.1) is 15.1 Å². The van der Waals surface area contributed by atoms with E-state index >= 15 is 0 Å². The predicted molar refractivity (Wildman–Crippen MR) is 85.5 cm³/mol. The van der Waals surface area contributed by atoms with E-state index < -0.39 is 16.4 Å². The molecule has 7 heteroatoms. The van der Waals surface area contributed by atoms with Gasteiger partial charge in [-0.2, -0.15) is 0 Å². The third kappa shape index (κ3) is 3.09. The van der Waals surface area contributed by atoms with Crippen LogP contribution in [0, 0.1) is 10.1 Å². The highest BCUT2D eigenvalue weighted by Gasteiger charge is 2.10. The van der Waals surface area contributed by atoms with E-state index in [1.165, 1.54) is 29.6 Å². The number of thiazole rings is 1. The first-order valence-corrected chi connectivity index (χ1v) is 7.40. The molecule has 0 fully saturated rings. The van der Waals surface area contributed by atoms with Crippen LogP contribution in [0.2, 0.25) is 0 Å². The molecule has 114 valence electrons. The molecule has 0 N–H and O–H groups in total. The van der Waals surface area contributed by atoms with E-state index in [0.717, 1.165) is 22.3 Å². The summed E-state index contributed by atoms with van der Waals surface area (Å²) in [5, 5.41) is 22.4. The number of aromatic nitrogens is 1. The van der Waals surface area contributed by atoms with Gasteiger partial charge >= 0.3 is 0 Å². The number of ketones is 1.